The summed E-state index contributed by atoms with van der Waals surface area (Å²) in [5, 5.41) is 0. The lowest BCUT2D eigenvalue weighted by atomic mass is 9.87. The SMILES string of the molecule is CC1CCCC1C(Cc1ccccc1F)NN. The lowest BCUT2D eigenvalue weighted by molar-refractivity contribution is 0.295. The van der Waals surface area contributed by atoms with Crippen LogP contribution in [0.3, 0.4) is 0 Å². The molecule has 3 N–H and O–H groups in total. The van der Waals surface area contributed by atoms with Gasteiger partial charge < -0.3 is 0 Å². The molecule has 0 saturated heterocycles. The number of nitrogens with two attached hydrogens (primary N) is 1. The molecule has 0 spiro atoms. The van der Waals surface area contributed by atoms with Crippen LogP contribution in [0.15, 0.2) is 24.3 Å². The smallest absolute Gasteiger partial charge is 0.126 e. The molecule has 94 valence electrons. The van der Waals surface area contributed by atoms with Crippen LogP contribution in [0.4, 0.5) is 4.39 Å². The Morgan fingerprint density at radius 3 is 2.76 bits per heavy atom. The molecule has 0 aliphatic heterocycles. The Morgan fingerprint density at radius 1 is 1.41 bits per heavy atom. The number of nitrogens with one attached hydrogen (secondary N) is 1. The van der Waals surface area contributed by atoms with E-state index in [0.717, 1.165) is 5.56 Å². The summed E-state index contributed by atoms with van der Waals surface area (Å²) in [5.74, 6) is 6.77. The second-order valence-electron chi connectivity index (χ2n) is 5.14. The molecule has 0 aromatic heterocycles. The fourth-order valence-electron chi connectivity index (χ4n) is 3.01. The molecule has 2 rings (SSSR count). The minimum absolute atomic E-state index is 0.126. The summed E-state index contributed by atoms with van der Waals surface area (Å²) in [6.45, 7) is 2.27. The molecule has 2 nitrogen and oxygen atoms in total. The van der Waals surface area contributed by atoms with Crippen LogP contribution in [0.1, 0.15) is 31.7 Å². The largest absolute Gasteiger partial charge is 0.271 e. The van der Waals surface area contributed by atoms with E-state index >= 15 is 0 Å². The van der Waals surface area contributed by atoms with E-state index in [1.807, 2.05) is 12.1 Å². The zero-order chi connectivity index (χ0) is 12.3. The highest BCUT2D eigenvalue weighted by molar-refractivity contribution is 5.18. The Morgan fingerprint density at radius 2 is 2.18 bits per heavy atom. The van der Waals surface area contributed by atoms with Crippen molar-refractivity contribution in [3.8, 4) is 0 Å². The highest BCUT2D eigenvalue weighted by Crippen LogP contribution is 2.34. The highest BCUT2D eigenvalue weighted by atomic mass is 19.1. The van der Waals surface area contributed by atoms with Gasteiger partial charge >= 0.3 is 0 Å². The molecule has 0 radical (unpaired) electrons. The zero-order valence-corrected chi connectivity index (χ0v) is 10.3. The molecule has 0 bridgehead atoms. The van der Waals surface area contributed by atoms with Gasteiger partial charge in [-0.25, -0.2) is 4.39 Å². The van der Waals surface area contributed by atoms with Gasteiger partial charge in [0.05, 0.1) is 0 Å². The van der Waals surface area contributed by atoms with Crippen molar-refractivity contribution in [3.63, 3.8) is 0 Å². The summed E-state index contributed by atoms with van der Waals surface area (Å²) in [6, 6.07) is 7.15. The van der Waals surface area contributed by atoms with Crippen molar-refractivity contribution >= 4 is 0 Å². The van der Waals surface area contributed by atoms with E-state index in [0.29, 0.717) is 18.3 Å². The zero-order valence-electron chi connectivity index (χ0n) is 10.3. The maximum absolute atomic E-state index is 13.6. The van der Waals surface area contributed by atoms with Crippen LogP contribution >= 0.6 is 0 Å². The van der Waals surface area contributed by atoms with Crippen LogP contribution in [-0.4, -0.2) is 6.04 Å². The molecule has 3 heteroatoms. The molecule has 1 aromatic carbocycles. The Kier molecular flexibility index (Phi) is 4.13. The molecular formula is C14H21FN2. The van der Waals surface area contributed by atoms with E-state index in [1.54, 1.807) is 6.07 Å². The summed E-state index contributed by atoms with van der Waals surface area (Å²) in [4.78, 5) is 0. The Bertz CT molecular complexity index is 367. The average Bonchev–Trinajstić information content (AvgIpc) is 2.75. The van der Waals surface area contributed by atoms with Gasteiger partial charge in [-0.05, 0) is 36.3 Å². The van der Waals surface area contributed by atoms with Crippen molar-refractivity contribution < 1.29 is 4.39 Å². The minimum Gasteiger partial charge on any atom is -0.271 e. The first-order valence-corrected chi connectivity index (χ1v) is 6.42. The third kappa shape index (κ3) is 2.85. The van der Waals surface area contributed by atoms with Crippen LogP contribution in [0.2, 0.25) is 0 Å². The van der Waals surface area contributed by atoms with Gasteiger partial charge in [0.1, 0.15) is 5.82 Å². The second-order valence-corrected chi connectivity index (χ2v) is 5.14. The van der Waals surface area contributed by atoms with Crippen LogP contribution in [-0.2, 0) is 6.42 Å². The van der Waals surface area contributed by atoms with E-state index in [2.05, 4.69) is 12.3 Å². The average molecular weight is 236 g/mol. The van der Waals surface area contributed by atoms with Gasteiger partial charge in [-0.2, -0.15) is 0 Å². The first-order valence-electron chi connectivity index (χ1n) is 6.42. The van der Waals surface area contributed by atoms with E-state index in [-0.39, 0.29) is 11.9 Å². The van der Waals surface area contributed by atoms with Crippen molar-refractivity contribution in [2.45, 2.75) is 38.6 Å². The second kappa shape index (κ2) is 5.61. The quantitative estimate of drug-likeness (QED) is 0.623. The summed E-state index contributed by atoms with van der Waals surface area (Å²) < 4.78 is 13.6. The van der Waals surface area contributed by atoms with E-state index < -0.39 is 0 Å². The van der Waals surface area contributed by atoms with Gasteiger partial charge in [-0.3, -0.25) is 11.3 Å². The topological polar surface area (TPSA) is 38.0 Å². The van der Waals surface area contributed by atoms with Crippen LogP contribution in [0.25, 0.3) is 0 Å². The van der Waals surface area contributed by atoms with Gasteiger partial charge in [-0.1, -0.05) is 38.0 Å². The lowest BCUT2D eigenvalue weighted by Gasteiger charge is -2.26. The number of rotatable bonds is 4. The summed E-state index contributed by atoms with van der Waals surface area (Å²) >= 11 is 0. The Balaban J connectivity index is 2.07. The molecule has 17 heavy (non-hydrogen) atoms. The van der Waals surface area contributed by atoms with Gasteiger partial charge in [-0.15, -0.1) is 0 Å². The molecule has 0 heterocycles. The number of benzene rings is 1. The number of hydrazine groups is 1. The molecule has 1 aromatic rings. The molecule has 3 atom stereocenters. The fourth-order valence-corrected chi connectivity index (χ4v) is 3.01. The molecule has 0 amide bonds. The maximum Gasteiger partial charge on any atom is 0.126 e. The van der Waals surface area contributed by atoms with Crippen molar-refractivity contribution in [2.75, 3.05) is 0 Å². The lowest BCUT2D eigenvalue weighted by Crippen LogP contribution is -2.43. The fraction of sp³-hybridized carbons (Fsp3) is 0.571. The number of hydrogen-bond acceptors (Lipinski definition) is 2. The van der Waals surface area contributed by atoms with Gasteiger partial charge in [0.15, 0.2) is 0 Å². The van der Waals surface area contributed by atoms with Crippen molar-refractivity contribution in [1.82, 2.24) is 5.43 Å². The first kappa shape index (κ1) is 12.5. The van der Waals surface area contributed by atoms with Crippen molar-refractivity contribution in [2.24, 2.45) is 17.7 Å². The van der Waals surface area contributed by atoms with Crippen LogP contribution < -0.4 is 11.3 Å². The van der Waals surface area contributed by atoms with Gasteiger partial charge in [0.25, 0.3) is 0 Å². The summed E-state index contributed by atoms with van der Waals surface area (Å²) in [7, 11) is 0. The molecule has 1 aliphatic rings. The van der Waals surface area contributed by atoms with Crippen LogP contribution in [0.5, 0.6) is 0 Å². The van der Waals surface area contributed by atoms with Gasteiger partial charge in [0, 0.05) is 6.04 Å². The highest BCUT2D eigenvalue weighted by Gasteiger charge is 2.30. The van der Waals surface area contributed by atoms with Gasteiger partial charge in [0.2, 0.25) is 0 Å². The van der Waals surface area contributed by atoms with Crippen molar-refractivity contribution in [3.05, 3.63) is 35.6 Å². The molecule has 1 fully saturated rings. The first-order chi connectivity index (χ1) is 8.22. The molecule has 1 aliphatic carbocycles. The Hall–Kier alpha value is -0.930. The normalized spacial score (nSPS) is 26.1. The standard InChI is InChI=1S/C14H21FN2/c1-10-5-4-7-12(10)14(17-16)9-11-6-2-3-8-13(11)15/h2-3,6,8,10,12,14,17H,4-5,7,9,16H2,1H3. The predicted molar refractivity (Wildman–Crippen MR) is 67.7 cm³/mol. The monoisotopic (exact) mass is 236 g/mol. The van der Waals surface area contributed by atoms with Crippen LogP contribution in [0, 0.1) is 17.7 Å². The minimum atomic E-state index is -0.126. The van der Waals surface area contributed by atoms with E-state index in [9.17, 15) is 4.39 Å². The summed E-state index contributed by atoms with van der Waals surface area (Å²) in [5.41, 5.74) is 3.64. The van der Waals surface area contributed by atoms with E-state index in [1.165, 1.54) is 25.3 Å². The molecule has 1 saturated carbocycles. The number of halogens is 1. The Labute approximate surface area is 102 Å². The van der Waals surface area contributed by atoms with E-state index in [4.69, 9.17) is 5.84 Å². The molecular weight excluding hydrogens is 215 g/mol. The summed E-state index contributed by atoms with van der Waals surface area (Å²) in [6.07, 6.45) is 4.41. The third-order valence-electron chi connectivity index (χ3n) is 4.06. The molecule has 3 unspecified atom stereocenters. The van der Waals surface area contributed by atoms with Crippen molar-refractivity contribution in [1.29, 1.82) is 0 Å². The third-order valence-corrected chi connectivity index (χ3v) is 4.06. The maximum atomic E-state index is 13.6. The predicted octanol–water partition coefficient (Wildman–Crippen LogP) is 2.64. The number of hydrogen-bond donors (Lipinski definition) is 2.